The minimum Gasteiger partial charge on any atom is -0.494 e. The second-order valence-electron chi connectivity index (χ2n) is 4.77. The molecule has 0 bridgehead atoms. The van der Waals surface area contributed by atoms with Crippen molar-refractivity contribution in [3.8, 4) is 16.9 Å². The van der Waals surface area contributed by atoms with Crippen LogP contribution in [0.3, 0.4) is 0 Å². The van der Waals surface area contributed by atoms with Crippen molar-refractivity contribution in [1.29, 1.82) is 0 Å². The Bertz CT molecular complexity index is 885. The van der Waals surface area contributed by atoms with Gasteiger partial charge in [0.1, 0.15) is 5.52 Å². The highest BCUT2D eigenvalue weighted by atomic mass is 35.5. The molecule has 1 aromatic heterocycles. The first-order valence-electron chi connectivity index (χ1n) is 6.44. The molecule has 22 heavy (non-hydrogen) atoms. The van der Waals surface area contributed by atoms with E-state index in [-0.39, 0.29) is 22.3 Å². The van der Waals surface area contributed by atoms with E-state index in [1.54, 1.807) is 18.2 Å². The Morgan fingerprint density at radius 2 is 2.00 bits per heavy atom. The zero-order valence-electron chi connectivity index (χ0n) is 11.9. The molecule has 0 aliphatic rings. The number of aromatic nitrogens is 3. The van der Waals surface area contributed by atoms with Crippen LogP contribution in [0.2, 0.25) is 5.02 Å². The predicted molar refractivity (Wildman–Crippen MR) is 83.4 cm³/mol. The lowest BCUT2D eigenvalue weighted by molar-refractivity contribution is 0.387. The summed E-state index contributed by atoms with van der Waals surface area (Å²) in [6.45, 7) is 1.84. The Balaban J connectivity index is 2.30. The predicted octanol–water partition coefficient (Wildman–Crippen LogP) is 3.38. The summed E-state index contributed by atoms with van der Waals surface area (Å²) in [4.78, 5) is 4.14. The van der Waals surface area contributed by atoms with Gasteiger partial charge in [0.05, 0.1) is 17.6 Å². The average Bonchev–Trinajstić information content (AvgIpc) is 2.48. The van der Waals surface area contributed by atoms with Gasteiger partial charge in [0, 0.05) is 5.56 Å². The monoisotopic (exact) mass is 318 g/mol. The fourth-order valence-corrected chi connectivity index (χ4v) is 2.58. The van der Waals surface area contributed by atoms with E-state index < -0.39 is 5.82 Å². The minimum absolute atomic E-state index is 0.0916. The van der Waals surface area contributed by atoms with E-state index in [4.69, 9.17) is 22.1 Å². The summed E-state index contributed by atoms with van der Waals surface area (Å²) < 4.78 is 19.5. The number of ether oxygens (including phenoxy) is 1. The molecule has 2 aromatic carbocycles. The number of aryl methyl sites for hydroxylation is 1. The third-order valence-electron chi connectivity index (χ3n) is 3.33. The van der Waals surface area contributed by atoms with Gasteiger partial charge in [0.2, 0.25) is 5.95 Å². The van der Waals surface area contributed by atoms with E-state index in [1.807, 2.05) is 6.92 Å². The van der Waals surface area contributed by atoms with Gasteiger partial charge in [-0.05, 0) is 42.3 Å². The van der Waals surface area contributed by atoms with Gasteiger partial charge in [-0.2, -0.15) is 0 Å². The highest BCUT2D eigenvalue weighted by Gasteiger charge is 2.17. The average molecular weight is 319 g/mol. The van der Waals surface area contributed by atoms with Crippen molar-refractivity contribution in [2.24, 2.45) is 0 Å². The largest absolute Gasteiger partial charge is 0.494 e. The first-order chi connectivity index (χ1) is 10.5. The second-order valence-corrected chi connectivity index (χ2v) is 5.18. The van der Waals surface area contributed by atoms with Crippen LogP contribution in [0.4, 0.5) is 10.3 Å². The normalized spacial score (nSPS) is 10.9. The van der Waals surface area contributed by atoms with Crippen molar-refractivity contribution in [1.82, 2.24) is 15.2 Å². The lowest BCUT2D eigenvalue weighted by Crippen LogP contribution is -2.00. The summed E-state index contributed by atoms with van der Waals surface area (Å²) in [5.41, 5.74) is 8.31. The molecule has 1 heterocycles. The lowest BCUT2D eigenvalue weighted by atomic mass is 10.0. The van der Waals surface area contributed by atoms with Crippen LogP contribution in [-0.4, -0.2) is 22.3 Å². The van der Waals surface area contributed by atoms with E-state index in [0.717, 1.165) is 5.56 Å². The van der Waals surface area contributed by atoms with Gasteiger partial charge in [-0.25, -0.2) is 9.37 Å². The van der Waals surface area contributed by atoms with Crippen LogP contribution >= 0.6 is 11.6 Å². The third kappa shape index (κ3) is 2.31. The van der Waals surface area contributed by atoms with Crippen LogP contribution in [-0.2, 0) is 0 Å². The fraction of sp³-hybridized carbons (Fsp3) is 0.133. The number of halogens is 2. The molecule has 0 spiro atoms. The number of nitrogens with two attached hydrogens (primary N) is 1. The first kappa shape index (κ1) is 14.5. The molecule has 0 saturated carbocycles. The van der Waals surface area contributed by atoms with Gasteiger partial charge in [-0.3, -0.25) is 0 Å². The Labute approximate surface area is 130 Å². The lowest BCUT2D eigenvalue weighted by Gasteiger charge is -2.11. The number of hydrogen-bond acceptors (Lipinski definition) is 5. The van der Waals surface area contributed by atoms with Gasteiger partial charge in [-0.1, -0.05) is 11.6 Å². The van der Waals surface area contributed by atoms with Gasteiger partial charge in [0.25, 0.3) is 0 Å². The van der Waals surface area contributed by atoms with Crippen molar-refractivity contribution < 1.29 is 9.13 Å². The zero-order chi connectivity index (χ0) is 15.9. The quantitative estimate of drug-likeness (QED) is 0.784. The van der Waals surface area contributed by atoms with E-state index >= 15 is 0 Å². The van der Waals surface area contributed by atoms with Gasteiger partial charge in [0.15, 0.2) is 11.6 Å². The SMILES string of the molecule is COc1ccc(Cl)c(-c2cc(C)c3nc(N)nnc3c2)c1F. The fourth-order valence-electron chi connectivity index (χ4n) is 2.32. The van der Waals surface area contributed by atoms with Crippen LogP contribution in [0, 0.1) is 12.7 Å². The number of nitrogen functional groups attached to an aromatic ring is 1. The van der Waals surface area contributed by atoms with Crippen LogP contribution in [0.5, 0.6) is 5.75 Å². The second kappa shape index (κ2) is 5.38. The maximum Gasteiger partial charge on any atom is 0.240 e. The molecule has 0 saturated heterocycles. The summed E-state index contributed by atoms with van der Waals surface area (Å²) in [7, 11) is 1.40. The highest BCUT2D eigenvalue weighted by molar-refractivity contribution is 6.33. The summed E-state index contributed by atoms with van der Waals surface area (Å²) in [5.74, 6) is -0.308. The number of nitrogens with zero attached hydrogens (tertiary/aromatic N) is 3. The molecule has 5 nitrogen and oxygen atoms in total. The van der Waals surface area contributed by atoms with E-state index in [0.29, 0.717) is 16.6 Å². The topological polar surface area (TPSA) is 73.9 Å². The number of rotatable bonds is 2. The Morgan fingerprint density at radius 3 is 2.73 bits per heavy atom. The van der Waals surface area contributed by atoms with Crippen LogP contribution in [0.25, 0.3) is 22.2 Å². The molecule has 2 N–H and O–H groups in total. The van der Waals surface area contributed by atoms with Crippen LogP contribution < -0.4 is 10.5 Å². The number of fused-ring (bicyclic) bond motifs is 1. The molecule has 7 heteroatoms. The summed E-state index contributed by atoms with van der Waals surface area (Å²) in [6, 6.07) is 6.52. The molecule has 0 amide bonds. The summed E-state index contributed by atoms with van der Waals surface area (Å²) in [6.07, 6.45) is 0. The van der Waals surface area contributed by atoms with Crippen LogP contribution in [0.1, 0.15) is 5.56 Å². The van der Waals surface area contributed by atoms with Gasteiger partial charge in [-0.15, -0.1) is 10.2 Å². The smallest absolute Gasteiger partial charge is 0.240 e. The van der Waals surface area contributed by atoms with Crippen molar-refractivity contribution >= 4 is 28.6 Å². The standard InChI is InChI=1S/C15H12ClFN4O/c1-7-5-8(6-10-14(7)19-15(18)21-20-10)12-9(16)3-4-11(22-2)13(12)17/h3-6H,1-2H3,(H2,18,19,21). The highest BCUT2D eigenvalue weighted by Crippen LogP contribution is 2.37. The maximum absolute atomic E-state index is 14.5. The Hall–Kier alpha value is -2.47. The minimum atomic E-state index is -0.523. The van der Waals surface area contributed by atoms with Crippen LogP contribution in [0.15, 0.2) is 24.3 Å². The molecule has 3 rings (SSSR count). The number of anilines is 1. The third-order valence-corrected chi connectivity index (χ3v) is 3.65. The van der Waals surface area contributed by atoms with Crippen molar-refractivity contribution in [2.75, 3.05) is 12.8 Å². The molecule has 0 fully saturated rings. The summed E-state index contributed by atoms with van der Waals surface area (Å²) in [5, 5.41) is 8.01. The van der Waals surface area contributed by atoms with E-state index in [9.17, 15) is 4.39 Å². The van der Waals surface area contributed by atoms with Gasteiger partial charge < -0.3 is 10.5 Å². The van der Waals surface area contributed by atoms with E-state index in [1.165, 1.54) is 13.2 Å². The molecular formula is C15H12ClFN4O. The molecule has 0 aliphatic heterocycles. The van der Waals surface area contributed by atoms with E-state index in [2.05, 4.69) is 15.2 Å². The number of benzene rings is 2. The molecule has 112 valence electrons. The zero-order valence-corrected chi connectivity index (χ0v) is 12.6. The Morgan fingerprint density at radius 1 is 1.23 bits per heavy atom. The Kier molecular flexibility index (Phi) is 3.54. The summed E-state index contributed by atoms with van der Waals surface area (Å²) >= 11 is 6.15. The molecule has 3 aromatic rings. The molecule has 0 unspecified atom stereocenters. The van der Waals surface area contributed by atoms with Crippen molar-refractivity contribution in [3.05, 3.63) is 40.7 Å². The molecule has 0 aliphatic carbocycles. The number of hydrogen-bond donors (Lipinski definition) is 1. The molecule has 0 atom stereocenters. The van der Waals surface area contributed by atoms with Gasteiger partial charge >= 0.3 is 0 Å². The van der Waals surface area contributed by atoms with Crippen molar-refractivity contribution in [2.45, 2.75) is 6.92 Å². The number of methoxy groups -OCH3 is 1. The van der Waals surface area contributed by atoms with Crippen molar-refractivity contribution in [3.63, 3.8) is 0 Å². The molecule has 0 radical (unpaired) electrons. The maximum atomic E-state index is 14.5. The first-order valence-corrected chi connectivity index (χ1v) is 6.82. The molecular weight excluding hydrogens is 307 g/mol.